The van der Waals surface area contributed by atoms with Crippen LogP contribution in [0.4, 0.5) is 5.69 Å². The van der Waals surface area contributed by atoms with E-state index in [9.17, 15) is 4.79 Å². The van der Waals surface area contributed by atoms with Gasteiger partial charge in [0.1, 0.15) is 5.75 Å². The first-order valence-corrected chi connectivity index (χ1v) is 7.09. The normalized spacial score (nSPS) is 12.1. The zero-order valence-electron chi connectivity index (χ0n) is 10.3. The largest absolute Gasteiger partial charge is 0.495 e. The number of hydrogen-bond donors (Lipinski definition) is 2. The van der Waals surface area contributed by atoms with E-state index >= 15 is 0 Å². The molecule has 0 aromatic heterocycles. The van der Waals surface area contributed by atoms with Crippen LogP contribution in [0.25, 0.3) is 0 Å². The number of halogens is 2. The Balaban J connectivity index is 2.81. The number of nitrogens with one attached hydrogen (secondary N) is 1. The molecule has 0 spiro atoms. The summed E-state index contributed by atoms with van der Waals surface area (Å²) in [6.45, 7) is 2.44. The predicted octanol–water partition coefficient (Wildman–Crippen LogP) is 3.14. The number of anilines is 1. The van der Waals surface area contributed by atoms with Crippen molar-refractivity contribution in [3.63, 3.8) is 0 Å². The maximum atomic E-state index is 11.8. The summed E-state index contributed by atoms with van der Waals surface area (Å²) in [6, 6.07) is 3.60. The van der Waals surface area contributed by atoms with Crippen molar-refractivity contribution >= 4 is 43.5 Å². The van der Waals surface area contributed by atoms with Crippen molar-refractivity contribution in [2.75, 3.05) is 19.0 Å². The average Bonchev–Trinajstić information content (AvgIpc) is 2.32. The highest BCUT2D eigenvalue weighted by Crippen LogP contribution is 2.34. The lowest BCUT2D eigenvalue weighted by atomic mass is 10.1. The van der Waals surface area contributed by atoms with Gasteiger partial charge in [0.2, 0.25) is 5.91 Å². The van der Waals surface area contributed by atoms with E-state index in [-0.39, 0.29) is 11.8 Å². The molecule has 0 heterocycles. The number of nitrogens with two attached hydrogens (primary N) is 1. The van der Waals surface area contributed by atoms with Crippen LogP contribution < -0.4 is 15.8 Å². The molecule has 0 saturated heterocycles. The summed E-state index contributed by atoms with van der Waals surface area (Å²) in [4.78, 5) is 11.8. The lowest BCUT2D eigenvalue weighted by Crippen LogP contribution is -2.20. The van der Waals surface area contributed by atoms with Gasteiger partial charge >= 0.3 is 0 Å². The van der Waals surface area contributed by atoms with Crippen molar-refractivity contribution in [1.82, 2.24) is 0 Å². The summed E-state index contributed by atoms with van der Waals surface area (Å²) in [7, 11) is 1.58. The summed E-state index contributed by atoms with van der Waals surface area (Å²) in [5.74, 6) is 0.777. The van der Waals surface area contributed by atoms with E-state index in [1.165, 1.54) is 0 Å². The second-order valence-electron chi connectivity index (χ2n) is 4.06. The Labute approximate surface area is 124 Å². The van der Waals surface area contributed by atoms with Crippen LogP contribution in [-0.2, 0) is 4.79 Å². The minimum atomic E-state index is -0.0574. The molecule has 0 saturated carbocycles. The van der Waals surface area contributed by atoms with E-state index in [0.717, 1.165) is 8.95 Å². The van der Waals surface area contributed by atoms with Crippen molar-refractivity contribution < 1.29 is 9.53 Å². The van der Waals surface area contributed by atoms with Crippen LogP contribution in [0.15, 0.2) is 21.1 Å². The Bertz CT molecular complexity index is 438. The van der Waals surface area contributed by atoms with Gasteiger partial charge in [-0.15, -0.1) is 0 Å². The SMILES string of the molecule is COc1cc(NC(=O)CC(C)CN)c(Br)cc1Br. The maximum absolute atomic E-state index is 11.8. The second kappa shape index (κ2) is 7.11. The van der Waals surface area contributed by atoms with E-state index in [4.69, 9.17) is 10.5 Å². The fourth-order valence-corrected chi connectivity index (χ4v) is 2.64. The quantitative estimate of drug-likeness (QED) is 0.825. The van der Waals surface area contributed by atoms with Gasteiger partial charge in [-0.1, -0.05) is 6.92 Å². The molecule has 1 unspecified atom stereocenters. The topological polar surface area (TPSA) is 64.3 Å². The van der Waals surface area contributed by atoms with Crippen molar-refractivity contribution in [3.8, 4) is 5.75 Å². The van der Waals surface area contributed by atoms with E-state index in [2.05, 4.69) is 37.2 Å². The number of amides is 1. The van der Waals surface area contributed by atoms with Gasteiger partial charge in [-0.2, -0.15) is 0 Å². The van der Waals surface area contributed by atoms with Gasteiger partial charge in [0.25, 0.3) is 0 Å². The zero-order chi connectivity index (χ0) is 13.7. The Morgan fingerprint density at radius 2 is 2.11 bits per heavy atom. The van der Waals surface area contributed by atoms with Crippen LogP contribution in [0.2, 0.25) is 0 Å². The number of carbonyl (C=O) groups is 1. The molecule has 18 heavy (non-hydrogen) atoms. The Hall–Kier alpha value is -0.590. The van der Waals surface area contributed by atoms with Gasteiger partial charge < -0.3 is 15.8 Å². The van der Waals surface area contributed by atoms with E-state index in [1.807, 2.05) is 13.0 Å². The molecule has 0 bridgehead atoms. The summed E-state index contributed by atoms with van der Waals surface area (Å²) in [5, 5.41) is 2.84. The summed E-state index contributed by atoms with van der Waals surface area (Å²) in [6.07, 6.45) is 0.404. The van der Waals surface area contributed by atoms with Gasteiger partial charge in [0.15, 0.2) is 0 Å². The Kier molecular flexibility index (Phi) is 6.11. The molecule has 4 nitrogen and oxygen atoms in total. The highest BCUT2D eigenvalue weighted by molar-refractivity contribution is 9.11. The number of methoxy groups -OCH3 is 1. The standard InChI is InChI=1S/C12H16Br2N2O2/c1-7(6-15)3-12(17)16-10-5-11(18-2)9(14)4-8(10)13/h4-5,7H,3,6,15H2,1-2H3,(H,16,17). The molecule has 6 heteroatoms. The number of hydrogen-bond acceptors (Lipinski definition) is 3. The van der Waals surface area contributed by atoms with Crippen LogP contribution in [0, 0.1) is 5.92 Å². The molecular formula is C12H16Br2N2O2. The first-order valence-electron chi connectivity index (χ1n) is 5.50. The first kappa shape index (κ1) is 15.5. The molecule has 1 rings (SSSR count). The molecule has 0 aliphatic carbocycles. The average molecular weight is 380 g/mol. The van der Waals surface area contributed by atoms with Crippen LogP contribution in [0.5, 0.6) is 5.75 Å². The van der Waals surface area contributed by atoms with Crippen molar-refractivity contribution in [3.05, 3.63) is 21.1 Å². The second-order valence-corrected chi connectivity index (χ2v) is 5.77. The number of benzene rings is 1. The molecule has 3 N–H and O–H groups in total. The van der Waals surface area contributed by atoms with E-state index in [1.54, 1.807) is 13.2 Å². The molecule has 0 aliphatic heterocycles. The van der Waals surface area contributed by atoms with Gasteiger partial charge in [0.05, 0.1) is 17.3 Å². The first-order chi connectivity index (χ1) is 8.47. The minimum absolute atomic E-state index is 0.0574. The molecular weight excluding hydrogens is 364 g/mol. The Morgan fingerprint density at radius 3 is 2.67 bits per heavy atom. The molecule has 1 aromatic rings. The van der Waals surface area contributed by atoms with E-state index in [0.29, 0.717) is 24.4 Å². The van der Waals surface area contributed by atoms with Crippen molar-refractivity contribution in [1.29, 1.82) is 0 Å². The fraction of sp³-hybridized carbons (Fsp3) is 0.417. The predicted molar refractivity (Wildman–Crippen MR) is 79.9 cm³/mol. The number of carbonyl (C=O) groups excluding carboxylic acids is 1. The van der Waals surface area contributed by atoms with Gasteiger partial charge in [-0.25, -0.2) is 0 Å². The smallest absolute Gasteiger partial charge is 0.224 e. The molecule has 1 amide bonds. The van der Waals surface area contributed by atoms with Gasteiger partial charge in [0, 0.05) is 17.0 Å². The van der Waals surface area contributed by atoms with Gasteiger partial charge in [-0.05, 0) is 50.4 Å². The maximum Gasteiger partial charge on any atom is 0.224 e. The molecule has 0 fully saturated rings. The summed E-state index contributed by atoms with van der Waals surface area (Å²) < 4.78 is 6.81. The lowest BCUT2D eigenvalue weighted by Gasteiger charge is -2.12. The number of ether oxygens (including phenoxy) is 1. The molecule has 100 valence electrons. The third-order valence-electron chi connectivity index (χ3n) is 2.45. The van der Waals surface area contributed by atoms with Crippen LogP contribution in [0.3, 0.4) is 0 Å². The van der Waals surface area contributed by atoms with Crippen LogP contribution in [-0.4, -0.2) is 19.6 Å². The van der Waals surface area contributed by atoms with E-state index < -0.39 is 0 Å². The zero-order valence-corrected chi connectivity index (χ0v) is 13.5. The van der Waals surface area contributed by atoms with Crippen LogP contribution >= 0.6 is 31.9 Å². The molecule has 1 atom stereocenters. The van der Waals surface area contributed by atoms with Crippen molar-refractivity contribution in [2.24, 2.45) is 11.7 Å². The highest BCUT2D eigenvalue weighted by Gasteiger charge is 2.12. The van der Waals surface area contributed by atoms with Crippen molar-refractivity contribution in [2.45, 2.75) is 13.3 Å². The highest BCUT2D eigenvalue weighted by atomic mass is 79.9. The monoisotopic (exact) mass is 378 g/mol. The van der Waals surface area contributed by atoms with Crippen LogP contribution in [0.1, 0.15) is 13.3 Å². The molecule has 0 aliphatic rings. The fourth-order valence-electron chi connectivity index (χ4n) is 1.38. The lowest BCUT2D eigenvalue weighted by molar-refractivity contribution is -0.116. The summed E-state index contributed by atoms with van der Waals surface area (Å²) in [5.41, 5.74) is 6.18. The summed E-state index contributed by atoms with van der Waals surface area (Å²) >= 11 is 6.77. The minimum Gasteiger partial charge on any atom is -0.495 e. The third kappa shape index (κ3) is 4.26. The number of rotatable bonds is 5. The molecule has 0 radical (unpaired) electrons. The molecule has 1 aromatic carbocycles. The third-order valence-corrected chi connectivity index (χ3v) is 3.73. The van der Waals surface area contributed by atoms with Gasteiger partial charge in [-0.3, -0.25) is 4.79 Å². The Morgan fingerprint density at radius 1 is 1.44 bits per heavy atom.